The Kier molecular flexibility index (Phi) is 9.85. The third-order valence-corrected chi connectivity index (χ3v) is 9.82. The number of nitrogens with zero attached hydrogens (tertiary/aromatic N) is 5. The molecule has 2 aromatic carbocycles. The van der Waals surface area contributed by atoms with Crippen LogP contribution in [0.25, 0.3) is 0 Å². The number of halogens is 1. The maximum Gasteiger partial charge on any atom is 0.242 e. The first-order chi connectivity index (χ1) is 20.3. The standard InChI is InChI=1S/C30H40ClN7O3S/c1-4-41-27-20-24(37-13-11-23(12-14-37)38-17-15-36(3)16-18-38)10-9-22(27)19-29-33-21-25(31)30(35-29)34-26-7-5-6-8-28(26)42(39,40)32-2/h5-10,20-21,23,32H,4,11-19H2,1-3H3,(H,33,34,35). The van der Waals surface area contributed by atoms with Gasteiger partial charge in [-0.1, -0.05) is 29.8 Å². The maximum atomic E-state index is 12.5. The monoisotopic (exact) mass is 613 g/mol. The molecule has 1 aromatic heterocycles. The van der Waals surface area contributed by atoms with E-state index in [1.807, 2.05) is 6.92 Å². The molecule has 226 valence electrons. The number of hydrogen-bond donors (Lipinski definition) is 2. The van der Waals surface area contributed by atoms with Crippen molar-refractivity contribution < 1.29 is 13.2 Å². The van der Waals surface area contributed by atoms with E-state index in [4.69, 9.17) is 16.3 Å². The topological polar surface area (TPSA) is 103 Å². The summed E-state index contributed by atoms with van der Waals surface area (Å²) in [6.45, 7) is 9.22. The average molecular weight is 614 g/mol. The minimum atomic E-state index is -3.68. The molecule has 0 atom stereocenters. The zero-order chi connectivity index (χ0) is 29.7. The molecule has 5 rings (SSSR count). The van der Waals surface area contributed by atoms with Gasteiger partial charge in [0.2, 0.25) is 10.0 Å². The molecule has 0 radical (unpaired) electrons. The largest absolute Gasteiger partial charge is 0.494 e. The Morgan fingerprint density at radius 2 is 1.79 bits per heavy atom. The molecule has 2 saturated heterocycles. The summed E-state index contributed by atoms with van der Waals surface area (Å²) in [5.41, 5.74) is 2.51. The number of rotatable bonds is 10. The van der Waals surface area contributed by atoms with Crippen molar-refractivity contribution in [3.05, 3.63) is 65.1 Å². The Balaban J connectivity index is 1.30. The van der Waals surface area contributed by atoms with Crippen molar-refractivity contribution in [1.29, 1.82) is 0 Å². The van der Waals surface area contributed by atoms with Gasteiger partial charge in [-0.2, -0.15) is 0 Å². The van der Waals surface area contributed by atoms with Gasteiger partial charge in [-0.3, -0.25) is 4.90 Å². The zero-order valence-corrected chi connectivity index (χ0v) is 26.1. The van der Waals surface area contributed by atoms with E-state index < -0.39 is 10.0 Å². The van der Waals surface area contributed by atoms with E-state index in [1.54, 1.807) is 18.2 Å². The molecule has 0 saturated carbocycles. The third-order valence-electron chi connectivity index (χ3n) is 8.08. The van der Waals surface area contributed by atoms with Crippen molar-refractivity contribution in [2.24, 2.45) is 0 Å². The van der Waals surface area contributed by atoms with E-state index in [9.17, 15) is 8.42 Å². The molecule has 2 N–H and O–H groups in total. The van der Waals surface area contributed by atoms with Gasteiger partial charge in [0.15, 0.2) is 5.82 Å². The lowest BCUT2D eigenvalue weighted by Gasteiger charge is -2.42. The van der Waals surface area contributed by atoms with Crippen LogP contribution in [0.4, 0.5) is 17.2 Å². The number of piperidine rings is 1. The van der Waals surface area contributed by atoms with Crippen LogP contribution < -0.4 is 19.7 Å². The van der Waals surface area contributed by atoms with Crippen LogP contribution in [0.3, 0.4) is 0 Å². The second-order valence-corrected chi connectivity index (χ2v) is 13.0. The van der Waals surface area contributed by atoms with Crippen LogP contribution in [0.15, 0.2) is 53.6 Å². The molecule has 2 aliphatic rings. The smallest absolute Gasteiger partial charge is 0.242 e. The number of aromatic nitrogens is 2. The van der Waals surface area contributed by atoms with Crippen LogP contribution in [0.1, 0.15) is 31.2 Å². The van der Waals surface area contributed by atoms with Gasteiger partial charge in [0, 0.05) is 69.0 Å². The van der Waals surface area contributed by atoms with Crippen LogP contribution in [0, 0.1) is 0 Å². The lowest BCUT2D eigenvalue weighted by atomic mass is 10.0. The number of para-hydroxylation sites is 1. The van der Waals surface area contributed by atoms with E-state index in [-0.39, 0.29) is 9.92 Å². The summed E-state index contributed by atoms with van der Waals surface area (Å²) in [6, 6.07) is 13.6. The lowest BCUT2D eigenvalue weighted by molar-refractivity contribution is 0.0982. The lowest BCUT2D eigenvalue weighted by Crippen LogP contribution is -2.52. The van der Waals surface area contributed by atoms with Crippen LogP contribution in [0.2, 0.25) is 5.02 Å². The zero-order valence-electron chi connectivity index (χ0n) is 24.5. The number of anilines is 3. The number of ether oxygens (including phenoxy) is 1. The molecular weight excluding hydrogens is 574 g/mol. The molecular formula is C30H40ClN7O3S. The summed E-state index contributed by atoms with van der Waals surface area (Å²) >= 11 is 6.42. The number of likely N-dealkylation sites (N-methyl/N-ethyl adjacent to an activating group) is 1. The van der Waals surface area contributed by atoms with E-state index in [0.717, 1.165) is 50.6 Å². The highest BCUT2D eigenvalue weighted by atomic mass is 35.5. The molecule has 0 amide bonds. The second kappa shape index (κ2) is 13.6. The Labute approximate surface area is 254 Å². The van der Waals surface area contributed by atoms with Crippen molar-refractivity contribution >= 4 is 38.8 Å². The molecule has 0 bridgehead atoms. The molecule has 2 aliphatic heterocycles. The van der Waals surface area contributed by atoms with Gasteiger partial charge >= 0.3 is 0 Å². The summed E-state index contributed by atoms with van der Waals surface area (Å²) in [7, 11) is -0.103. The van der Waals surface area contributed by atoms with Crippen molar-refractivity contribution in [2.45, 2.75) is 37.1 Å². The van der Waals surface area contributed by atoms with Crippen LogP contribution in [-0.4, -0.2) is 94.2 Å². The fourth-order valence-electron chi connectivity index (χ4n) is 5.64. The molecule has 12 heteroatoms. The molecule has 0 spiro atoms. The first-order valence-corrected chi connectivity index (χ1v) is 16.4. The van der Waals surface area contributed by atoms with Gasteiger partial charge < -0.3 is 19.9 Å². The van der Waals surface area contributed by atoms with Gasteiger partial charge in [0.1, 0.15) is 21.5 Å². The van der Waals surface area contributed by atoms with Crippen molar-refractivity contribution in [2.75, 3.05) is 70.2 Å². The van der Waals surface area contributed by atoms with Crippen LogP contribution >= 0.6 is 11.6 Å². The summed E-state index contributed by atoms with van der Waals surface area (Å²) < 4.78 is 33.4. The Morgan fingerprint density at radius 3 is 2.50 bits per heavy atom. The summed E-state index contributed by atoms with van der Waals surface area (Å²) in [5.74, 6) is 1.69. The average Bonchev–Trinajstić information content (AvgIpc) is 3.00. The normalized spacial score (nSPS) is 17.4. The summed E-state index contributed by atoms with van der Waals surface area (Å²) in [4.78, 5) is 16.7. The third kappa shape index (κ3) is 7.15. The van der Waals surface area contributed by atoms with E-state index in [1.165, 1.54) is 37.8 Å². The predicted octanol–water partition coefficient (Wildman–Crippen LogP) is 3.99. The highest BCUT2D eigenvalue weighted by Gasteiger charge is 2.27. The first kappa shape index (κ1) is 30.5. The Hall–Kier alpha value is -2.96. The highest BCUT2D eigenvalue weighted by Crippen LogP contribution is 2.32. The number of hydrogen-bond acceptors (Lipinski definition) is 9. The fraction of sp³-hybridized carbons (Fsp3) is 0.467. The minimum absolute atomic E-state index is 0.102. The summed E-state index contributed by atoms with van der Waals surface area (Å²) in [5, 5.41) is 3.37. The van der Waals surface area contributed by atoms with Crippen molar-refractivity contribution in [3.8, 4) is 5.75 Å². The van der Waals surface area contributed by atoms with Gasteiger partial charge in [-0.15, -0.1) is 0 Å². The molecule has 42 heavy (non-hydrogen) atoms. The molecule has 0 aliphatic carbocycles. The maximum absolute atomic E-state index is 12.5. The van der Waals surface area contributed by atoms with Gasteiger partial charge in [-0.05, 0) is 52.1 Å². The van der Waals surface area contributed by atoms with Crippen molar-refractivity contribution in [3.63, 3.8) is 0 Å². The van der Waals surface area contributed by atoms with Gasteiger partial charge in [-0.25, -0.2) is 23.1 Å². The molecule has 2 fully saturated rings. The van der Waals surface area contributed by atoms with Gasteiger partial charge in [0.25, 0.3) is 0 Å². The van der Waals surface area contributed by atoms with Gasteiger partial charge in [0.05, 0.1) is 18.5 Å². The van der Waals surface area contributed by atoms with Crippen LogP contribution in [-0.2, 0) is 16.4 Å². The Morgan fingerprint density at radius 1 is 1.05 bits per heavy atom. The SMILES string of the molecule is CCOc1cc(N2CCC(N3CCN(C)CC3)CC2)ccc1Cc1ncc(Cl)c(Nc2ccccc2S(=O)(=O)NC)n1. The molecule has 10 nitrogen and oxygen atoms in total. The fourth-order valence-corrected chi connectivity index (χ4v) is 6.67. The molecule has 3 aromatic rings. The number of sulfonamides is 1. The quantitative estimate of drug-likeness (QED) is 0.351. The predicted molar refractivity (Wildman–Crippen MR) is 168 cm³/mol. The van der Waals surface area contributed by atoms with E-state index in [0.29, 0.717) is 36.4 Å². The Bertz CT molecular complexity index is 1470. The number of benzene rings is 2. The second-order valence-electron chi connectivity index (χ2n) is 10.8. The number of nitrogens with one attached hydrogen (secondary N) is 2. The van der Waals surface area contributed by atoms with E-state index >= 15 is 0 Å². The highest BCUT2D eigenvalue weighted by molar-refractivity contribution is 7.89. The van der Waals surface area contributed by atoms with E-state index in [2.05, 4.69) is 60.0 Å². The minimum Gasteiger partial charge on any atom is -0.494 e. The summed E-state index contributed by atoms with van der Waals surface area (Å²) in [6.07, 6.45) is 4.30. The van der Waals surface area contributed by atoms with Crippen molar-refractivity contribution in [1.82, 2.24) is 24.5 Å². The first-order valence-electron chi connectivity index (χ1n) is 14.5. The molecule has 3 heterocycles. The number of piperazine rings is 1. The molecule has 0 unspecified atom stereocenters. The van der Waals surface area contributed by atoms with Crippen LogP contribution in [0.5, 0.6) is 5.75 Å².